The minimum absolute atomic E-state index is 0.127. The van der Waals surface area contributed by atoms with E-state index in [1.807, 2.05) is 4.90 Å². The van der Waals surface area contributed by atoms with Crippen LogP contribution in [0.2, 0.25) is 0 Å². The van der Waals surface area contributed by atoms with E-state index in [1.165, 1.54) is 10.4 Å². The lowest BCUT2D eigenvalue weighted by Crippen LogP contribution is -2.50. The molecule has 0 bridgehead atoms. The number of nitrogens with zero attached hydrogens (tertiary/aromatic N) is 2. The Balaban J connectivity index is 1.54. The van der Waals surface area contributed by atoms with Crippen LogP contribution in [0.5, 0.6) is 0 Å². The molecule has 2 aromatic rings. The lowest BCUT2D eigenvalue weighted by Gasteiger charge is -2.33. The molecule has 0 aromatic heterocycles. The molecule has 1 heterocycles. The van der Waals surface area contributed by atoms with E-state index in [0.717, 1.165) is 4.47 Å². The maximum atomic E-state index is 13.6. The maximum Gasteiger partial charge on any atom is 0.243 e. The summed E-state index contributed by atoms with van der Waals surface area (Å²) in [5.41, 5.74) is 0.922. The van der Waals surface area contributed by atoms with Crippen LogP contribution in [-0.4, -0.2) is 56.3 Å². The Bertz CT molecular complexity index is 959. The van der Waals surface area contributed by atoms with E-state index in [2.05, 4.69) is 21.2 Å². The van der Waals surface area contributed by atoms with Crippen LogP contribution in [0.4, 0.5) is 10.1 Å². The molecule has 0 saturated carbocycles. The highest BCUT2D eigenvalue weighted by atomic mass is 79.9. The Morgan fingerprint density at radius 2 is 1.75 bits per heavy atom. The first kappa shape index (κ1) is 20.9. The van der Waals surface area contributed by atoms with Gasteiger partial charge in [-0.1, -0.05) is 22.0 Å². The van der Waals surface area contributed by atoms with E-state index < -0.39 is 10.0 Å². The first-order valence-corrected chi connectivity index (χ1v) is 11.0. The zero-order valence-corrected chi connectivity index (χ0v) is 17.8. The van der Waals surface area contributed by atoms with Crippen LogP contribution in [0.25, 0.3) is 0 Å². The number of amides is 1. The van der Waals surface area contributed by atoms with Gasteiger partial charge in [-0.05, 0) is 48.9 Å². The fraction of sp³-hybridized carbons (Fsp3) is 0.316. The second kappa shape index (κ2) is 8.69. The molecule has 0 aliphatic carbocycles. The molecule has 1 fully saturated rings. The van der Waals surface area contributed by atoms with Crippen molar-refractivity contribution in [2.45, 2.75) is 11.8 Å². The highest BCUT2D eigenvalue weighted by molar-refractivity contribution is 9.10. The summed E-state index contributed by atoms with van der Waals surface area (Å²) in [5, 5.41) is 2.67. The molecule has 1 aliphatic heterocycles. The standard InChI is InChI=1S/C19H21BrFN3O3S/c1-14-2-5-16(12-18(14)21)22-19(25)13-23-8-10-24(11-9-23)28(26,27)17-6-3-15(20)4-7-17/h2-7,12H,8-11,13H2,1H3,(H,22,25). The molecule has 6 nitrogen and oxygen atoms in total. The van der Waals surface area contributed by atoms with Crippen LogP contribution in [0.3, 0.4) is 0 Å². The maximum absolute atomic E-state index is 13.6. The molecular weight excluding hydrogens is 449 g/mol. The zero-order valence-electron chi connectivity index (χ0n) is 15.4. The van der Waals surface area contributed by atoms with E-state index in [9.17, 15) is 17.6 Å². The highest BCUT2D eigenvalue weighted by Crippen LogP contribution is 2.20. The normalized spacial score (nSPS) is 16.1. The summed E-state index contributed by atoms with van der Waals surface area (Å²) in [6, 6.07) is 11.1. The number of anilines is 1. The van der Waals surface area contributed by atoms with Crippen molar-refractivity contribution in [2.24, 2.45) is 0 Å². The highest BCUT2D eigenvalue weighted by Gasteiger charge is 2.29. The van der Waals surface area contributed by atoms with Crippen LogP contribution in [0.1, 0.15) is 5.56 Å². The van der Waals surface area contributed by atoms with Crippen LogP contribution >= 0.6 is 15.9 Å². The molecule has 1 saturated heterocycles. The smallest absolute Gasteiger partial charge is 0.243 e. The van der Waals surface area contributed by atoms with Gasteiger partial charge < -0.3 is 5.32 Å². The Kier molecular flexibility index (Phi) is 6.49. The van der Waals surface area contributed by atoms with Gasteiger partial charge in [0.1, 0.15) is 5.82 Å². The fourth-order valence-corrected chi connectivity index (χ4v) is 4.64. The number of carbonyl (C=O) groups excluding carboxylic acids is 1. The molecule has 3 rings (SSSR count). The van der Waals surface area contributed by atoms with Crippen LogP contribution in [0, 0.1) is 12.7 Å². The Morgan fingerprint density at radius 3 is 2.36 bits per heavy atom. The fourth-order valence-electron chi connectivity index (χ4n) is 2.96. The van der Waals surface area contributed by atoms with Gasteiger partial charge in [0.25, 0.3) is 0 Å². The largest absolute Gasteiger partial charge is 0.325 e. The average Bonchev–Trinajstić information content (AvgIpc) is 2.65. The van der Waals surface area contributed by atoms with Crippen molar-refractivity contribution >= 4 is 37.5 Å². The third-order valence-electron chi connectivity index (χ3n) is 4.61. The minimum Gasteiger partial charge on any atom is -0.325 e. The van der Waals surface area contributed by atoms with Gasteiger partial charge in [0, 0.05) is 36.3 Å². The predicted molar refractivity (Wildman–Crippen MR) is 109 cm³/mol. The van der Waals surface area contributed by atoms with Crippen molar-refractivity contribution in [3.63, 3.8) is 0 Å². The summed E-state index contributed by atoms with van der Waals surface area (Å²) in [4.78, 5) is 14.3. The van der Waals surface area contributed by atoms with E-state index in [0.29, 0.717) is 37.4 Å². The summed E-state index contributed by atoms with van der Waals surface area (Å²) in [7, 11) is -3.54. The quantitative estimate of drug-likeness (QED) is 0.730. The molecule has 0 radical (unpaired) electrons. The van der Waals surface area contributed by atoms with E-state index in [4.69, 9.17) is 0 Å². The number of benzene rings is 2. The third-order valence-corrected chi connectivity index (χ3v) is 7.05. The van der Waals surface area contributed by atoms with Gasteiger partial charge in [0.2, 0.25) is 15.9 Å². The van der Waals surface area contributed by atoms with Gasteiger partial charge in [-0.15, -0.1) is 0 Å². The van der Waals surface area contributed by atoms with Gasteiger partial charge in [-0.3, -0.25) is 9.69 Å². The number of halogens is 2. The van der Waals surface area contributed by atoms with Crippen molar-refractivity contribution < 1.29 is 17.6 Å². The molecule has 1 aliphatic rings. The van der Waals surface area contributed by atoms with Gasteiger partial charge in [-0.25, -0.2) is 12.8 Å². The van der Waals surface area contributed by atoms with Crippen LogP contribution in [0.15, 0.2) is 51.8 Å². The Hall–Kier alpha value is -1.81. The molecule has 1 amide bonds. The molecule has 0 spiro atoms. The first-order valence-electron chi connectivity index (χ1n) is 8.80. The number of carbonyl (C=O) groups is 1. The number of hydrogen-bond acceptors (Lipinski definition) is 4. The summed E-state index contributed by atoms with van der Waals surface area (Å²) in [6.45, 7) is 3.30. The summed E-state index contributed by atoms with van der Waals surface area (Å²) >= 11 is 3.30. The predicted octanol–water partition coefficient (Wildman–Crippen LogP) is 2.84. The molecule has 0 unspecified atom stereocenters. The molecule has 28 heavy (non-hydrogen) atoms. The SMILES string of the molecule is Cc1ccc(NC(=O)CN2CCN(S(=O)(=O)c3ccc(Br)cc3)CC2)cc1F. The molecule has 150 valence electrons. The summed E-state index contributed by atoms with van der Waals surface area (Å²) < 4.78 is 41.2. The number of piperazine rings is 1. The molecular formula is C19H21BrFN3O3S. The lowest BCUT2D eigenvalue weighted by atomic mass is 10.2. The second-order valence-electron chi connectivity index (χ2n) is 6.65. The second-order valence-corrected chi connectivity index (χ2v) is 9.50. The van der Waals surface area contributed by atoms with Crippen LogP contribution < -0.4 is 5.32 Å². The number of rotatable bonds is 5. The monoisotopic (exact) mass is 469 g/mol. The number of nitrogens with one attached hydrogen (secondary N) is 1. The van der Waals surface area contributed by atoms with E-state index in [1.54, 1.807) is 43.3 Å². The van der Waals surface area contributed by atoms with Gasteiger partial charge in [0.15, 0.2) is 0 Å². The number of aryl methyl sites for hydroxylation is 1. The van der Waals surface area contributed by atoms with E-state index >= 15 is 0 Å². The lowest BCUT2D eigenvalue weighted by molar-refractivity contribution is -0.117. The molecule has 0 atom stereocenters. The average molecular weight is 470 g/mol. The third kappa shape index (κ3) is 4.96. The Morgan fingerprint density at radius 1 is 1.11 bits per heavy atom. The van der Waals surface area contributed by atoms with Crippen molar-refractivity contribution in [1.29, 1.82) is 0 Å². The minimum atomic E-state index is -3.54. The summed E-state index contributed by atoms with van der Waals surface area (Å²) in [5.74, 6) is -0.628. The first-order chi connectivity index (χ1) is 13.3. The molecule has 2 aromatic carbocycles. The summed E-state index contributed by atoms with van der Waals surface area (Å²) in [6.07, 6.45) is 0. The van der Waals surface area contributed by atoms with Crippen molar-refractivity contribution in [3.8, 4) is 0 Å². The number of hydrogen-bond donors (Lipinski definition) is 1. The van der Waals surface area contributed by atoms with Gasteiger partial charge in [0.05, 0.1) is 11.4 Å². The van der Waals surface area contributed by atoms with Crippen molar-refractivity contribution in [3.05, 3.63) is 58.3 Å². The van der Waals surface area contributed by atoms with Gasteiger partial charge in [-0.2, -0.15) is 4.31 Å². The number of sulfonamides is 1. The van der Waals surface area contributed by atoms with Crippen molar-refractivity contribution in [1.82, 2.24) is 9.21 Å². The Labute approximate surface area is 172 Å². The van der Waals surface area contributed by atoms with Gasteiger partial charge >= 0.3 is 0 Å². The molecule has 9 heteroatoms. The van der Waals surface area contributed by atoms with Crippen molar-refractivity contribution in [2.75, 3.05) is 38.0 Å². The topological polar surface area (TPSA) is 69.7 Å². The van der Waals surface area contributed by atoms with E-state index in [-0.39, 0.29) is 23.2 Å². The molecule has 1 N–H and O–H groups in total. The zero-order chi connectivity index (χ0) is 20.3. The van der Waals surface area contributed by atoms with Crippen LogP contribution in [-0.2, 0) is 14.8 Å².